The molecule has 0 radical (unpaired) electrons. The number of anilines is 1. The van der Waals surface area contributed by atoms with Crippen molar-refractivity contribution in [3.63, 3.8) is 0 Å². The first-order valence-electron chi connectivity index (χ1n) is 6.00. The highest BCUT2D eigenvalue weighted by Gasteiger charge is 2.40. The third-order valence-corrected chi connectivity index (χ3v) is 5.05. The number of thioether (sulfide) groups is 1. The van der Waals surface area contributed by atoms with Crippen LogP contribution in [-0.4, -0.2) is 28.8 Å². The molecule has 2 aliphatic rings. The Labute approximate surface area is 106 Å². The number of benzene rings is 1. The molecule has 1 aromatic rings. The van der Waals surface area contributed by atoms with Crippen molar-refractivity contribution in [3.8, 4) is 0 Å². The number of piperidine rings is 1. The quantitative estimate of drug-likeness (QED) is 0.766. The zero-order valence-electron chi connectivity index (χ0n) is 9.90. The van der Waals surface area contributed by atoms with Crippen LogP contribution < -0.4 is 5.32 Å². The van der Waals surface area contributed by atoms with Gasteiger partial charge < -0.3 is 10.2 Å². The Hall–Kier alpha value is -1.16. The fourth-order valence-electron chi connectivity index (χ4n) is 2.55. The smallest absolute Gasteiger partial charge is 0.219 e. The van der Waals surface area contributed by atoms with Crippen molar-refractivity contribution in [3.05, 3.63) is 24.3 Å². The van der Waals surface area contributed by atoms with E-state index in [-0.39, 0.29) is 10.8 Å². The second-order valence-electron chi connectivity index (χ2n) is 4.72. The third kappa shape index (κ3) is 1.90. The Morgan fingerprint density at radius 2 is 2.06 bits per heavy atom. The maximum atomic E-state index is 11.3. The van der Waals surface area contributed by atoms with Crippen molar-refractivity contribution in [2.45, 2.75) is 29.5 Å². The Balaban J connectivity index is 1.74. The largest absolute Gasteiger partial charge is 0.369 e. The van der Waals surface area contributed by atoms with Crippen LogP contribution in [0.25, 0.3) is 0 Å². The highest BCUT2D eigenvalue weighted by atomic mass is 32.2. The minimum absolute atomic E-state index is 0.121. The Kier molecular flexibility index (Phi) is 2.54. The maximum absolute atomic E-state index is 11.3. The van der Waals surface area contributed by atoms with Crippen LogP contribution in [0.5, 0.6) is 0 Å². The van der Waals surface area contributed by atoms with Gasteiger partial charge in [-0.25, -0.2) is 0 Å². The lowest BCUT2D eigenvalue weighted by molar-refractivity contribution is -0.129. The number of fused-ring (bicyclic) bond motifs is 1. The van der Waals surface area contributed by atoms with Crippen LogP contribution in [-0.2, 0) is 4.79 Å². The molecule has 1 spiro atoms. The summed E-state index contributed by atoms with van der Waals surface area (Å²) >= 11 is 1.92. The van der Waals surface area contributed by atoms with Crippen molar-refractivity contribution in [2.24, 2.45) is 0 Å². The molecule has 0 aromatic heterocycles. The number of hydrogen-bond acceptors (Lipinski definition) is 3. The average Bonchev–Trinajstić information content (AvgIpc) is 2.67. The first-order valence-corrected chi connectivity index (χ1v) is 6.82. The third-order valence-electron chi connectivity index (χ3n) is 3.57. The van der Waals surface area contributed by atoms with E-state index in [0.29, 0.717) is 0 Å². The summed E-state index contributed by atoms with van der Waals surface area (Å²) in [5.74, 6) is 0.195. The monoisotopic (exact) mass is 248 g/mol. The molecule has 90 valence electrons. The second kappa shape index (κ2) is 3.95. The number of carbonyl (C=O) groups excluding carboxylic acids is 1. The molecule has 17 heavy (non-hydrogen) atoms. The normalized spacial score (nSPS) is 21.1. The summed E-state index contributed by atoms with van der Waals surface area (Å²) in [4.78, 5) is 14.7. The standard InChI is InChI=1S/C13H16N2OS/c1-10(16)15-8-6-13(7-9-15)14-11-4-2-3-5-12(11)17-13/h2-5,14H,6-9H2,1H3. The fraction of sp³-hybridized carbons (Fsp3) is 0.462. The van der Waals surface area contributed by atoms with Gasteiger partial charge in [-0.3, -0.25) is 4.79 Å². The van der Waals surface area contributed by atoms with Gasteiger partial charge >= 0.3 is 0 Å². The van der Waals surface area contributed by atoms with Crippen LogP contribution in [0.4, 0.5) is 5.69 Å². The van der Waals surface area contributed by atoms with Crippen molar-refractivity contribution in [1.82, 2.24) is 4.90 Å². The first-order chi connectivity index (χ1) is 8.19. The van der Waals surface area contributed by atoms with E-state index in [2.05, 4.69) is 29.6 Å². The summed E-state index contributed by atoms with van der Waals surface area (Å²) in [6.07, 6.45) is 2.04. The lowest BCUT2D eigenvalue weighted by Gasteiger charge is -2.38. The zero-order valence-corrected chi connectivity index (χ0v) is 10.7. The molecule has 3 nitrogen and oxygen atoms in total. The second-order valence-corrected chi connectivity index (χ2v) is 6.15. The van der Waals surface area contributed by atoms with Crippen molar-refractivity contribution in [1.29, 1.82) is 0 Å². The van der Waals surface area contributed by atoms with Crippen LogP contribution in [0, 0.1) is 0 Å². The minimum atomic E-state index is 0.121. The molecule has 1 N–H and O–H groups in total. The molecule has 0 aliphatic carbocycles. The summed E-state index contributed by atoms with van der Waals surface area (Å²) in [5, 5.41) is 3.63. The van der Waals surface area contributed by atoms with Gasteiger partial charge in [-0.05, 0) is 25.0 Å². The molecule has 0 saturated carbocycles. The molecule has 2 aliphatic heterocycles. The molecular formula is C13H16N2OS. The number of amides is 1. The van der Waals surface area contributed by atoms with E-state index in [1.807, 2.05) is 16.7 Å². The Bertz CT molecular complexity index is 425. The molecule has 0 bridgehead atoms. The predicted octanol–water partition coefficient (Wildman–Crippen LogP) is 2.54. The summed E-state index contributed by atoms with van der Waals surface area (Å²) in [7, 11) is 0. The van der Waals surface area contributed by atoms with Crippen LogP contribution in [0.1, 0.15) is 19.8 Å². The van der Waals surface area contributed by atoms with E-state index >= 15 is 0 Å². The van der Waals surface area contributed by atoms with Gasteiger partial charge in [0.15, 0.2) is 0 Å². The fourth-order valence-corrected chi connectivity index (χ4v) is 3.89. The summed E-state index contributed by atoms with van der Waals surface area (Å²) in [6, 6.07) is 8.45. The number of nitrogens with zero attached hydrogens (tertiary/aromatic N) is 1. The van der Waals surface area contributed by atoms with Gasteiger partial charge in [0.05, 0.1) is 4.87 Å². The Morgan fingerprint density at radius 3 is 2.71 bits per heavy atom. The molecule has 1 saturated heterocycles. The van der Waals surface area contributed by atoms with E-state index in [1.165, 1.54) is 10.6 Å². The van der Waals surface area contributed by atoms with Gasteiger partial charge in [0.2, 0.25) is 5.91 Å². The van der Waals surface area contributed by atoms with E-state index in [4.69, 9.17) is 0 Å². The van der Waals surface area contributed by atoms with Crippen LogP contribution in [0.3, 0.4) is 0 Å². The van der Waals surface area contributed by atoms with E-state index < -0.39 is 0 Å². The van der Waals surface area contributed by atoms with E-state index in [1.54, 1.807) is 6.92 Å². The van der Waals surface area contributed by atoms with Crippen LogP contribution in [0.2, 0.25) is 0 Å². The average molecular weight is 248 g/mol. The minimum Gasteiger partial charge on any atom is -0.369 e. The van der Waals surface area contributed by atoms with Crippen LogP contribution in [0.15, 0.2) is 29.2 Å². The number of carbonyl (C=O) groups is 1. The number of likely N-dealkylation sites (tertiary alicyclic amines) is 1. The number of hydrogen-bond donors (Lipinski definition) is 1. The summed E-state index contributed by atoms with van der Waals surface area (Å²) < 4.78 is 0. The van der Waals surface area contributed by atoms with E-state index in [0.717, 1.165) is 25.9 Å². The van der Waals surface area contributed by atoms with Gasteiger partial charge in [-0.1, -0.05) is 23.9 Å². The molecular weight excluding hydrogens is 232 g/mol. The molecule has 2 heterocycles. The lowest BCUT2D eigenvalue weighted by Crippen LogP contribution is -2.46. The number of para-hydroxylation sites is 1. The summed E-state index contributed by atoms with van der Waals surface area (Å²) in [5.41, 5.74) is 1.24. The van der Waals surface area contributed by atoms with Crippen molar-refractivity contribution in [2.75, 3.05) is 18.4 Å². The van der Waals surface area contributed by atoms with Gasteiger partial charge in [-0.2, -0.15) is 0 Å². The maximum Gasteiger partial charge on any atom is 0.219 e. The summed E-state index contributed by atoms with van der Waals surface area (Å²) in [6.45, 7) is 3.38. The van der Waals surface area contributed by atoms with Gasteiger partial charge in [0.1, 0.15) is 0 Å². The molecule has 1 fully saturated rings. The number of rotatable bonds is 0. The Morgan fingerprint density at radius 1 is 1.35 bits per heavy atom. The van der Waals surface area contributed by atoms with Gasteiger partial charge in [-0.15, -0.1) is 0 Å². The van der Waals surface area contributed by atoms with E-state index in [9.17, 15) is 4.79 Å². The molecule has 0 unspecified atom stereocenters. The van der Waals surface area contributed by atoms with Crippen molar-refractivity contribution < 1.29 is 4.79 Å². The van der Waals surface area contributed by atoms with Gasteiger partial charge in [0.25, 0.3) is 0 Å². The zero-order chi connectivity index (χ0) is 11.9. The van der Waals surface area contributed by atoms with Crippen LogP contribution >= 0.6 is 11.8 Å². The van der Waals surface area contributed by atoms with Gasteiger partial charge in [0, 0.05) is 30.6 Å². The highest BCUT2D eigenvalue weighted by molar-refractivity contribution is 8.01. The lowest BCUT2D eigenvalue weighted by atomic mass is 10.0. The first kappa shape index (κ1) is 11.0. The molecule has 1 aromatic carbocycles. The molecule has 0 atom stereocenters. The predicted molar refractivity (Wildman–Crippen MR) is 70.1 cm³/mol. The van der Waals surface area contributed by atoms with Crippen molar-refractivity contribution >= 4 is 23.4 Å². The topological polar surface area (TPSA) is 32.3 Å². The molecule has 3 rings (SSSR count). The molecule has 4 heteroatoms. The number of nitrogens with one attached hydrogen (secondary N) is 1. The highest BCUT2D eigenvalue weighted by Crippen LogP contribution is 2.49. The SMILES string of the molecule is CC(=O)N1CCC2(CC1)Nc1ccccc1S2. The molecule has 1 amide bonds.